The molecule has 1 saturated heterocycles. The van der Waals surface area contributed by atoms with Crippen molar-refractivity contribution in [1.29, 1.82) is 0 Å². The van der Waals surface area contributed by atoms with Gasteiger partial charge in [-0.1, -0.05) is 20.8 Å². The zero-order valence-corrected chi connectivity index (χ0v) is 13.2. The van der Waals surface area contributed by atoms with Crippen LogP contribution in [-0.4, -0.2) is 45.7 Å². The Kier molecular flexibility index (Phi) is 4.88. The molecule has 0 aromatic carbocycles. The molecule has 2 heterocycles. The van der Waals surface area contributed by atoms with Crippen LogP contribution in [0.1, 0.15) is 33.6 Å². The molecule has 1 aliphatic heterocycles. The van der Waals surface area contributed by atoms with Crippen molar-refractivity contribution in [2.45, 2.75) is 52.2 Å². The third-order valence-corrected chi connectivity index (χ3v) is 4.24. The van der Waals surface area contributed by atoms with Gasteiger partial charge in [0.15, 0.2) is 0 Å². The molecule has 1 aromatic rings. The lowest BCUT2D eigenvalue weighted by molar-refractivity contribution is 0.162. The minimum absolute atomic E-state index is 0.158. The van der Waals surface area contributed by atoms with Crippen molar-refractivity contribution in [3.05, 3.63) is 18.7 Å². The second-order valence-corrected chi connectivity index (χ2v) is 6.94. The SMILES string of the molecule is CC(C)(C)C(Cn1ccnc1)NC1CCN(C(N)=O)CC1. The van der Waals surface area contributed by atoms with Crippen LogP contribution in [0.25, 0.3) is 0 Å². The minimum Gasteiger partial charge on any atom is -0.351 e. The maximum Gasteiger partial charge on any atom is 0.314 e. The van der Waals surface area contributed by atoms with Gasteiger partial charge >= 0.3 is 6.03 Å². The van der Waals surface area contributed by atoms with Gasteiger partial charge in [-0.3, -0.25) is 0 Å². The smallest absolute Gasteiger partial charge is 0.314 e. The summed E-state index contributed by atoms with van der Waals surface area (Å²) in [5.74, 6) is 0. The van der Waals surface area contributed by atoms with E-state index in [1.54, 1.807) is 4.90 Å². The zero-order chi connectivity index (χ0) is 15.5. The van der Waals surface area contributed by atoms with E-state index in [0.717, 1.165) is 32.5 Å². The first-order valence-electron chi connectivity index (χ1n) is 7.62. The highest BCUT2D eigenvalue weighted by Crippen LogP contribution is 2.23. The van der Waals surface area contributed by atoms with Crippen LogP contribution in [0.2, 0.25) is 0 Å². The number of nitrogens with two attached hydrogens (primary N) is 1. The van der Waals surface area contributed by atoms with Crippen molar-refractivity contribution in [1.82, 2.24) is 19.8 Å². The number of likely N-dealkylation sites (tertiary alicyclic amines) is 1. The average molecular weight is 293 g/mol. The summed E-state index contributed by atoms with van der Waals surface area (Å²) in [6, 6.07) is 0.490. The molecule has 6 nitrogen and oxygen atoms in total. The molecule has 3 N–H and O–H groups in total. The number of nitrogens with one attached hydrogen (secondary N) is 1. The zero-order valence-electron chi connectivity index (χ0n) is 13.2. The fourth-order valence-electron chi connectivity index (χ4n) is 2.73. The Labute approximate surface area is 126 Å². The number of hydrogen-bond acceptors (Lipinski definition) is 3. The van der Waals surface area contributed by atoms with Gasteiger partial charge in [-0.05, 0) is 18.3 Å². The fourth-order valence-corrected chi connectivity index (χ4v) is 2.73. The molecule has 1 aliphatic rings. The molecule has 118 valence electrons. The molecule has 2 amide bonds. The Hall–Kier alpha value is -1.56. The highest BCUT2D eigenvalue weighted by Gasteiger charge is 2.29. The highest BCUT2D eigenvalue weighted by molar-refractivity contribution is 5.72. The first-order chi connectivity index (χ1) is 9.86. The summed E-state index contributed by atoms with van der Waals surface area (Å²) in [4.78, 5) is 17.0. The van der Waals surface area contributed by atoms with Crippen LogP contribution < -0.4 is 11.1 Å². The third kappa shape index (κ3) is 4.46. The van der Waals surface area contributed by atoms with Crippen molar-refractivity contribution in [2.24, 2.45) is 11.1 Å². The number of piperidine rings is 1. The topological polar surface area (TPSA) is 76.2 Å². The summed E-state index contributed by atoms with van der Waals surface area (Å²) >= 11 is 0. The first-order valence-corrected chi connectivity index (χ1v) is 7.62. The Bertz CT molecular complexity index is 443. The molecular weight excluding hydrogens is 266 g/mol. The van der Waals surface area contributed by atoms with Gasteiger partial charge in [-0.25, -0.2) is 9.78 Å². The molecule has 1 fully saturated rings. The standard InChI is InChI=1S/C15H27N5O/c1-15(2,3)13(10-19-9-6-17-11-19)18-12-4-7-20(8-5-12)14(16)21/h6,9,11-13,18H,4-5,7-8,10H2,1-3H3,(H2,16,21). The van der Waals surface area contributed by atoms with E-state index in [1.165, 1.54) is 0 Å². The van der Waals surface area contributed by atoms with Crippen LogP contribution >= 0.6 is 0 Å². The maximum atomic E-state index is 11.2. The summed E-state index contributed by atoms with van der Waals surface area (Å²) in [6.45, 7) is 9.14. The summed E-state index contributed by atoms with van der Waals surface area (Å²) < 4.78 is 2.11. The second kappa shape index (κ2) is 6.47. The normalized spacial score (nSPS) is 18.7. The van der Waals surface area contributed by atoms with E-state index in [4.69, 9.17) is 5.73 Å². The molecule has 0 radical (unpaired) electrons. The number of imidazole rings is 1. The summed E-state index contributed by atoms with van der Waals surface area (Å²) in [5, 5.41) is 3.77. The van der Waals surface area contributed by atoms with Gasteiger partial charge in [0.2, 0.25) is 0 Å². The molecular formula is C15H27N5O. The molecule has 1 aromatic heterocycles. The van der Waals surface area contributed by atoms with E-state index < -0.39 is 0 Å². The number of aromatic nitrogens is 2. The van der Waals surface area contributed by atoms with Gasteiger partial charge in [0.05, 0.1) is 6.33 Å². The number of nitrogens with zero attached hydrogens (tertiary/aromatic N) is 3. The van der Waals surface area contributed by atoms with Gasteiger partial charge in [-0.15, -0.1) is 0 Å². The number of carbonyl (C=O) groups is 1. The molecule has 6 heteroatoms. The lowest BCUT2D eigenvalue weighted by Gasteiger charge is -2.38. The monoisotopic (exact) mass is 293 g/mol. The molecule has 0 spiro atoms. The number of urea groups is 1. The van der Waals surface area contributed by atoms with Gasteiger partial charge in [0.25, 0.3) is 0 Å². The Morgan fingerprint density at radius 3 is 2.57 bits per heavy atom. The highest BCUT2D eigenvalue weighted by atomic mass is 16.2. The Morgan fingerprint density at radius 1 is 1.43 bits per heavy atom. The lowest BCUT2D eigenvalue weighted by atomic mass is 9.85. The van der Waals surface area contributed by atoms with E-state index in [0.29, 0.717) is 12.1 Å². The molecule has 0 aliphatic carbocycles. The summed E-state index contributed by atoms with van der Waals surface area (Å²) in [6.07, 6.45) is 7.58. The van der Waals surface area contributed by atoms with E-state index in [-0.39, 0.29) is 11.4 Å². The van der Waals surface area contributed by atoms with Crippen LogP contribution in [-0.2, 0) is 6.54 Å². The van der Waals surface area contributed by atoms with E-state index in [9.17, 15) is 4.79 Å². The molecule has 0 saturated carbocycles. The van der Waals surface area contributed by atoms with Crippen LogP contribution in [0, 0.1) is 5.41 Å². The van der Waals surface area contributed by atoms with Crippen molar-refractivity contribution < 1.29 is 4.79 Å². The van der Waals surface area contributed by atoms with Crippen molar-refractivity contribution in [3.63, 3.8) is 0 Å². The lowest BCUT2D eigenvalue weighted by Crippen LogP contribution is -2.53. The molecule has 2 rings (SSSR count). The van der Waals surface area contributed by atoms with E-state index >= 15 is 0 Å². The van der Waals surface area contributed by atoms with E-state index in [1.807, 2.05) is 18.7 Å². The van der Waals surface area contributed by atoms with Gasteiger partial charge < -0.3 is 20.5 Å². The number of carbonyl (C=O) groups excluding carboxylic acids is 1. The maximum absolute atomic E-state index is 11.2. The average Bonchev–Trinajstić information content (AvgIpc) is 2.90. The summed E-state index contributed by atoms with van der Waals surface area (Å²) in [7, 11) is 0. The number of amides is 2. The first kappa shape index (κ1) is 15.8. The molecule has 21 heavy (non-hydrogen) atoms. The van der Waals surface area contributed by atoms with Gasteiger partial charge in [-0.2, -0.15) is 0 Å². The van der Waals surface area contributed by atoms with Crippen LogP contribution in [0.3, 0.4) is 0 Å². The van der Waals surface area contributed by atoms with E-state index in [2.05, 4.69) is 35.6 Å². The predicted molar refractivity (Wildman–Crippen MR) is 82.8 cm³/mol. The molecule has 0 bridgehead atoms. The van der Waals surface area contributed by atoms with Crippen LogP contribution in [0.4, 0.5) is 4.79 Å². The summed E-state index contributed by atoms with van der Waals surface area (Å²) in [5.41, 5.74) is 5.49. The largest absolute Gasteiger partial charge is 0.351 e. The second-order valence-electron chi connectivity index (χ2n) is 6.94. The van der Waals surface area contributed by atoms with Crippen LogP contribution in [0.15, 0.2) is 18.7 Å². The number of primary amides is 1. The number of hydrogen-bond donors (Lipinski definition) is 2. The van der Waals surface area contributed by atoms with Gasteiger partial charge in [0, 0.05) is 44.1 Å². The number of rotatable bonds is 4. The Balaban J connectivity index is 1.92. The molecule has 1 unspecified atom stereocenters. The minimum atomic E-state index is -0.306. The molecule has 1 atom stereocenters. The van der Waals surface area contributed by atoms with Crippen LogP contribution in [0.5, 0.6) is 0 Å². The predicted octanol–water partition coefficient (Wildman–Crippen LogP) is 1.43. The quantitative estimate of drug-likeness (QED) is 0.881. The van der Waals surface area contributed by atoms with Crippen molar-refractivity contribution in [2.75, 3.05) is 13.1 Å². The van der Waals surface area contributed by atoms with Crippen molar-refractivity contribution in [3.8, 4) is 0 Å². The van der Waals surface area contributed by atoms with Crippen molar-refractivity contribution >= 4 is 6.03 Å². The fraction of sp³-hybridized carbons (Fsp3) is 0.733. The third-order valence-electron chi connectivity index (χ3n) is 4.24. The van der Waals surface area contributed by atoms with Gasteiger partial charge in [0.1, 0.15) is 0 Å². The Morgan fingerprint density at radius 2 is 2.10 bits per heavy atom.